The Morgan fingerprint density at radius 2 is 2.17 bits per heavy atom. The normalized spacial score (nSPS) is 10.1. The van der Waals surface area contributed by atoms with E-state index in [-0.39, 0.29) is 23.3 Å². The molecule has 3 amide bonds. The van der Waals surface area contributed by atoms with Crippen molar-refractivity contribution < 1.29 is 14.0 Å². The molecule has 3 N–H and O–H groups in total. The maximum Gasteiger partial charge on any atom is 0.321 e. The average Bonchev–Trinajstić information content (AvgIpc) is 3.00. The molecule has 0 bridgehead atoms. The molecule has 0 aliphatic carbocycles. The fourth-order valence-electron chi connectivity index (χ4n) is 1.59. The highest BCUT2D eigenvalue weighted by Gasteiger charge is 2.12. The highest BCUT2D eigenvalue weighted by molar-refractivity contribution is 7.99. The first-order chi connectivity index (χ1) is 11.1. The number of urea groups is 1. The molecule has 23 heavy (non-hydrogen) atoms. The first-order valence-electron chi connectivity index (χ1n) is 6.59. The third kappa shape index (κ3) is 4.92. The number of carbonyl (C=O) groups excluding carboxylic acids is 2. The van der Waals surface area contributed by atoms with Gasteiger partial charge in [0.2, 0.25) is 11.1 Å². The summed E-state index contributed by atoms with van der Waals surface area (Å²) >= 11 is 1.03. The minimum absolute atomic E-state index is 0.0456. The number of rotatable bonds is 6. The van der Waals surface area contributed by atoms with E-state index >= 15 is 0 Å². The maximum atomic E-state index is 13.6. The van der Waals surface area contributed by atoms with Crippen molar-refractivity contribution in [2.45, 2.75) is 5.16 Å². The van der Waals surface area contributed by atoms with E-state index < -0.39 is 17.8 Å². The molecular weight excluding hydrogens is 321 g/mol. The molecule has 0 aliphatic heterocycles. The average molecular weight is 335 g/mol. The van der Waals surface area contributed by atoms with Crippen molar-refractivity contribution in [3.05, 3.63) is 42.7 Å². The van der Waals surface area contributed by atoms with Crippen LogP contribution in [-0.4, -0.2) is 39.4 Å². The second kappa shape index (κ2) is 8.08. The largest absolute Gasteiger partial charge is 0.334 e. The quantitative estimate of drug-likeness (QED) is 0.551. The molecule has 0 saturated heterocycles. The lowest BCUT2D eigenvalue weighted by Crippen LogP contribution is -2.40. The van der Waals surface area contributed by atoms with Gasteiger partial charge in [0.15, 0.2) is 5.82 Å². The monoisotopic (exact) mass is 335 g/mol. The fraction of sp³-hybridized carbons (Fsp3) is 0.143. The van der Waals surface area contributed by atoms with Crippen molar-refractivity contribution in [2.24, 2.45) is 0 Å². The minimum Gasteiger partial charge on any atom is -0.334 e. The van der Waals surface area contributed by atoms with Gasteiger partial charge in [-0.15, -0.1) is 11.7 Å². The van der Waals surface area contributed by atoms with Gasteiger partial charge in [-0.3, -0.25) is 15.2 Å². The van der Waals surface area contributed by atoms with Crippen LogP contribution in [0.5, 0.6) is 0 Å². The third-order valence-electron chi connectivity index (χ3n) is 2.59. The number of halogens is 1. The molecule has 7 nitrogen and oxygen atoms in total. The van der Waals surface area contributed by atoms with Crippen LogP contribution in [0.2, 0.25) is 0 Å². The van der Waals surface area contributed by atoms with Crippen molar-refractivity contribution in [2.75, 3.05) is 12.3 Å². The van der Waals surface area contributed by atoms with Gasteiger partial charge in [-0.1, -0.05) is 30.0 Å². The summed E-state index contributed by atoms with van der Waals surface area (Å²) in [6.07, 6.45) is 1.50. The zero-order valence-corrected chi connectivity index (χ0v) is 12.8. The van der Waals surface area contributed by atoms with Gasteiger partial charge in [0.1, 0.15) is 5.82 Å². The molecule has 1 aromatic carbocycles. The van der Waals surface area contributed by atoms with Crippen LogP contribution in [0.1, 0.15) is 0 Å². The highest BCUT2D eigenvalue weighted by Crippen LogP contribution is 2.21. The zero-order valence-electron chi connectivity index (χ0n) is 12.0. The van der Waals surface area contributed by atoms with Crippen LogP contribution >= 0.6 is 11.8 Å². The van der Waals surface area contributed by atoms with Gasteiger partial charge in [-0.2, -0.15) is 0 Å². The molecule has 0 atom stereocenters. The van der Waals surface area contributed by atoms with Crippen LogP contribution in [0.15, 0.2) is 42.1 Å². The number of nitrogens with one attached hydrogen (secondary N) is 3. The molecule has 1 aromatic heterocycles. The lowest BCUT2D eigenvalue weighted by Gasteiger charge is -2.03. The zero-order chi connectivity index (χ0) is 16.7. The van der Waals surface area contributed by atoms with E-state index in [1.165, 1.54) is 12.1 Å². The predicted molar refractivity (Wildman–Crippen MR) is 84.2 cm³/mol. The molecule has 0 spiro atoms. The molecule has 0 unspecified atom stereocenters. The smallest absolute Gasteiger partial charge is 0.321 e. The summed E-state index contributed by atoms with van der Waals surface area (Å²) in [4.78, 5) is 27.0. The van der Waals surface area contributed by atoms with Gasteiger partial charge in [0, 0.05) is 6.54 Å². The van der Waals surface area contributed by atoms with E-state index in [1.807, 2.05) is 0 Å². The number of thioether (sulfide) groups is 1. The van der Waals surface area contributed by atoms with Crippen LogP contribution in [0.25, 0.3) is 11.4 Å². The van der Waals surface area contributed by atoms with Gasteiger partial charge in [0.05, 0.1) is 11.3 Å². The van der Waals surface area contributed by atoms with Crippen LogP contribution < -0.4 is 10.6 Å². The van der Waals surface area contributed by atoms with Crippen LogP contribution in [0.3, 0.4) is 0 Å². The summed E-state index contributed by atoms with van der Waals surface area (Å²) in [5, 5.41) is 11.4. The second-order valence-electron chi connectivity index (χ2n) is 4.28. The number of nitrogens with zero attached hydrogens (tertiary/aromatic N) is 2. The first kappa shape index (κ1) is 16.7. The van der Waals surface area contributed by atoms with Crippen LogP contribution in [0, 0.1) is 5.82 Å². The lowest BCUT2D eigenvalue weighted by atomic mass is 10.2. The Kier molecular flexibility index (Phi) is 5.87. The maximum absolute atomic E-state index is 13.6. The number of benzene rings is 1. The number of aromatic nitrogens is 3. The Balaban J connectivity index is 1.88. The Morgan fingerprint density at radius 1 is 1.39 bits per heavy atom. The van der Waals surface area contributed by atoms with Crippen molar-refractivity contribution >= 4 is 23.7 Å². The summed E-state index contributed by atoms with van der Waals surface area (Å²) in [5.74, 6) is -0.684. The second-order valence-corrected chi connectivity index (χ2v) is 5.22. The van der Waals surface area contributed by atoms with Crippen molar-refractivity contribution in [1.29, 1.82) is 0 Å². The summed E-state index contributed by atoms with van der Waals surface area (Å²) < 4.78 is 13.6. The Labute approximate surface area is 135 Å². The summed E-state index contributed by atoms with van der Waals surface area (Å²) in [7, 11) is 0. The molecule has 0 fully saturated rings. The third-order valence-corrected chi connectivity index (χ3v) is 3.43. The Hall–Kier alpha value is -2.68. The number of aromatic amines is 1. The Morgan fingerprint density at radius 3 is 2.91 bits per heavy atom. The van der Waals surface area contributed by atoms with E-state index in [9.17, 15) is 14.0 Å². The van der Waals surface area contributed by atoms with Gasteiger partial charge in [-0.05, 0) is 12.1 Å². The molecule has 9 heteroatoms. The summed E-state index contributed by atoms with van der Waals surface area (Å²) in [5.41, 5.74) is 0.292. The minimum atomic E-state index is -0.600. The van der Waals surface area contributed by atoms with Gasteiger partial charge < -0.3 is 5.32 Å². The lowest BCUT2D eigenvalue weighted by molar-refractivity contribution is -0.117. The molecule has 1 heterocycles. The molecule has 2 rings (SSSR count). The van der Waals surface area contributed by atoms with Gasteiger partial charge in [0.25, 0.3) is 0 Å². The number of carbonyl (C=O) groups is 2. The van der Waals surface area contributed by atoms with E-state index in [2.05, 4.69) is 32.4 Å². The van der Waals surface area contributed by atoms with E-state index in [0.29, 0.717) is 5.56 Å². The number of hydrogen-bond acceptors (Lipinski definition) is 5. The number of hydrogen-bond donors (Lipinski definition) is 3. The molecule has 2 aromatic rings. The van der Waals surface area contributed by atoms with E-state index in [0.717, 1.165) is 11.8 Å². The van der Waals surface area contributed by atoms with Crippen molar-refractivity contribution in [3.63, 3.8) is 0 Å². The Bertz CT molecular complexity index is 719. The summed E-state index contributed by atoms with van der Waals surface area (Å²) in [6.45, 7) is 3.71. The number of imide groups is 1. The molecule has 120 valence electrons. The molecular formula is C14H14FN5O2S. The standard InChI is InChI=1S/C14H14FN5O2S/c1-2-7-16-13(22)17-11(21)8-23-14-18-12(19-20-14)9-5-3-4-6-10(9)15/h2-6H,1,7-8H2,(H,18,19,20)(H2,16,17,21,22). The van der Waals surface area contributed by atoms with Crippen LogP contribution in [-0.2, 0) is 4.79 Å². The first-order valence-corrected chi connectivity index (χ1v) is 7.57. The van der Waals surface area contributed by atoms with Crippen molar-refractivity contribution in [3.8, 4) is 11.4 Å². The summed E-state index contributed by atoms with van der Waals surface area (Å²) in [6, 6.07) is 5.55. The SMILES string of the molecule is C=CCNC(=O)NC(=O)CSc1n[nH]c(-c2ccccc2F)n1. The molecule has 0 aliphatic rings. The van der Waals surface area contributed by atoms with E-state index in [4.69, 9.17) is 0 Å². The predicted octanol–water partition coefficient (Wildman–Crippen LogP) is 1.71. The number of amides is 3. The van der Waals surface area contributed by atoms with Gasteiger partial charge >= 0.3 is 6.03 Å². The topological polar surface area (TPSA) is 99.8 Å². The fourth-order valence-corrected chi connectivity index (χ4v) is 2.18. The van der Waals surface area contributed by atoms with Crippen molar-refractivity contribution in [1.82, 2.24) is 25.8 Å². The molecule has 0 radical (unpaired) electrons. The van der Waals surface area contributed by atoms with Gasteiger partial charge in [-0.25, -0.2) is 14.2 Å². The number of H-pyrrole nitrogens is 1. The molecule has 0 saturated carbocycles. The highest BCUT2D eigenvalue weighted by atomic mass is 32.2. The van der Waals surface area contributed by atoms with Crippen LogP contribution in [0.4, 0.5) is 9.18 Å². The van der Waals surface area contributed by atoms with E-state index in [1.54, 1.807) is 18.2 Å².